The average Bonchev–Trinajstić information content (AvgIpc) is 2.54. The molecule has 0 aliphatic carbocycles. The van der Waals surface area contributed by atoms with Gasteiger partial charge in [0.25, 0.3) is 0 Å². The summed E-state index contributed by atoms with van der Waals surface area (Å²) in [6.07, 6.45) is 0.754. The Morgan fingerprint density at radius 2 is 1.90 bits per heavy atom. The third kappa shape index (κ3) is 2.70. The third-order valence-corrected chi connectivity index (χ3v) is 3.41. The van der Waals surface area contributed by atoms with Crippen LogP contribution in [0.4, 0.5) is 0 Å². The molecule has 0 unspecified atom stereocenters. The van der Waals surface area contributed by atoms with Crippen LogP contribution in [0, 0.1) is 11.3 Å². The maximum atomic E-state index is 9.01. The van der Waals surface area contributed by atoms with Gasteiger partial charge in [-0.3, -0.25) is 0 Å². The van der Waals surface area contributed by atoms with Crippen LogP contribution < -0.4 is 4.74 Å². The number of nitriles is 1. The van der Waals surface area contributed by atoms with Crippen LogP contribution in [0.3, 0.4) is 0 Å². The smallest absolute Gasteiger partial charge is 0.217 e. The molecule has 0 radical (unpaired) electrons. The average molecular weight is 274 g/mol. The van der Waals surface area contributed by atoms with Gasteiger partial charge in [0.2, 0.25) is 5.88 Å². The number of benzene rings is 2. The van der Waals surface area contributed by atoms with Gasteiger partial charge in [0.05, 0.1) is 24.3 Å². The molecule has 21 heavy (non-hydrogen) atoms. The van der Waals surface area contributed by atoms with E-state index in [-0.39, 0.29) is 0 Å². The van der Waals surface area contributed by atoms with Crippen molar-refractivity contribution in [3.05, 3.63) is 71.3 Å². The molecular weight excluding hydrogens is 260 g/mol. The Morgan fingerprint density at radius 3 is 2.62 bits per heavy atom. The first-order valence-electron chi connectivity index (χ1n) is 6.72. The van der Waals surface area contributed by atoms with E-state index >= 15 is 0 Å². The molecule has 3 heteroatoms. The Kier molecular flexibility index (Phi) is 3.53. The fourth-order valence-corrected chi connectivity index (χ4v) is 2.39. The van der Waals surface area contributed by atoms with Crippen molar-refractivity contribution >= 4 is 10.9 Å². The van der Waals surface area contributed by atoms with Gasteiger partial charge >= 0.3 is 0 Å². The maximum Gasteiger partial charge on any atom is 0.217 e. The molecule has 1 aromatic heterocycles. The van der Waals surface area contributed by atoms with Gasteiger partial charge in [-0.25, -0.2) is 4.98 Å². The minimum Gasteiger partial charge on any atom is -0.481 e. The van der Waals surface area contributed by atoms with Gasteiger partial charge in [0, 0.05) is 17.4 Å². The SMILES string of the molecule is COc1nc2ccc(C#N)cc2cc1Cc1ccccc1. The second kappa shape index (κ2) is 5.64. The molecule has 3 aromatic rings. The fourth-order valence-electron chi connectivity index (χ4n) is 2.39. The van der Waals surface area contributed by atoms with E-state index in [9.17, 15) is 0 Å². The Hall–Kier alpha value is -2.86. The van der Waals surface area contributed by atoms with Crippen LogP contribution in [-0.2, 0) is 6.42 Å². The number of aromatic nitrogens is 1. The molecule has 0 amide bonds. The van der Waals surface area contributed by atoms with Gasteiger partial charge in [0.15, 0.2) is 0 Å². The van der Waals surface area contributed by atoms with Crippen molar-refractivity contribution in [1.82, 2.24) is 4.98 Å². The summed E-state index contributed by atoms with van der Waals surface area (Å²) in [6.45, 7) is 0. The Labute approximate surface area is 123 Å². The topological polar surface area (TPSA) is 45.9 Å². The molecule has 2 aromatic carbocycles. The quantitative estimate of drug-likeness (QED) is 0.731. The first-order valence-corrected chi connectivity index (χ1v) is 6.72. The molecule has 0 atom stereocenters. The number of hydrogen-bond donors (Lipinski definition) is 0. The van der Waals surface area contributed by atoms with Crippen LogP contribution in [-0.4, -0.2) is 12.1 Å². The normalized spacial score (nSPS) is 10.3. The summed E-state index contributed by atoms with van der Waals surface area (Å²) in [4.78, 5) is 4.53. The molecule has 0 fully saturated rings. The van der Waals surface area contributed by atoms with Crippen molar-refractivity contribution in [1.29, 1.82) is 5.26 Å². The zero-order valence-corrected chi connectivity index (χ0v) is 11.7. The number of hydrogen-bond acceptors (Lipinski definition) is 3. The molecule has 0 saturated heterocycles. The number of ether oxygens (including phenoxy) is 1. The van der Waals surface area contributed by atoms with Crippen LogP contribution in [0.2, 0.25) is 0 Å². The van der Waals surface area contributed by atoms with Gasteiger partial charge in [-0.05, 0) is 29.8 Å². The van der Waals surface area contributed by atoms with E-state index in [4.69, 9.17) is 10.00 Å². The van der Waals surface area contributed by atoms with E-state index in [1.165, 1.54) is 5.56 Å². The van der Waals surface area contributed by atoms with Gasteiger partial charge in [0.1, 0.15) is 0 Å². The summed E-state index contributed by atoms with van der Waals surface area (Å²) < 4.78 is 5.41. The Bertz CT molecular complexity index is 820. The van der Waals surface area contributed by atoms with Crippen LogP contribution >= 0.6 is 0 Å². The number of rotatable bonds is 3. The van der Waals surface area contributed by atoms with Crippen LogP contribution in [0.1, 0.15) is 16.7 Å². The minimum atomic E-state index is 0.635. The van der Waals surface area contributed by atoms with Crippen LogP contribution in [0.15, 0.2) is 54.6 Å². The van der Waals surface area contributed by atoms with Gasteiger partial charge < -0.3 is 4.74 Å². The molecule has 3 rings (SSSR count). The lowest BCUT2D eigenvalue weighted by molar-refractivity contribution is 0.395. The van der Waals surface area contributed by atoms with Crippen molar-refractivity contribution < 1.29 is 4.74 Å². The lowest BCUT2D eigenvalue weighted by atomic mass is 10.0. The van der Waals surface area contributed by atoms with E-state index in [0.29, 0.717) is 11.4 Å². The molecule has 3 nitrogen and oxygen atoms in total. The monoisotopic (exact) mass is 274 g/mol. The van der Waals surface area contributed by atoms with E-state index in [2.05, 4.69) is 29.3 Å². The van der Waals surface area contributed by atoms with Crippen LogP contribution in [0.25, 0.3) is 10.9 Å². The van der Waals surface area contributed by atoms with Crippen molar-refractivity contribution in [3.8, 4) is 11.9 Å². The highest BCUT2D eigenvalue weighted by Gasteiger charge is 2.09. The van der Waals surface area contributed by atoms with E-state index in [0.717, 1.165) is 22.9 Å². The Morgan fingerprint density at radius 1 is 1.10 bits per heavy atom. The summed E-state index contributed by atoms with van der Waals surface area (Å²) in [6, 6.07) is 19.9. The van der Waals surface area contributed by atoms with Gasteiger partial charge in [-0.2, -0.15) is 5.26 Å². The van der Waals surface area contributed by atoms with E-state index in [1.807, 2.05) is 30.3 Å². The first kappa shape index (κ1) is 13.1. The lowest BCUT2D eigenvalue weighted by Gasteiger charge is -2.09. The highest BCUT2D eigenvalue weighted by Crippen LogP contribution is 2.25. The zero-order valence-electron chi connectivity index (χ0n) is 11.7. The summed E-state index contributed by atoms with van der Waals surface area (Å²) in [5, 5.41) is 9.97. The van der Waals surface area contributed by atoms with Gasteiger partial charge in [-0.1, -0.05) is 30.3 Å². The number of nitrogens with zero attached hydrogens (tertiary/aromatic N) is 2. The highest BCUT2D eigenvalue weighted by molar-refractivity contribution is 5.81. The predicted octanol–water partition coefficient (Wildman–Crippen LogP) is 3.71. The maximum absolute atomic E-state index is 9.01. The lowest BCUT2D eigenvalue weighted by Crippen LogP contribution is -1.97. The summed E-state index contributed by atoms with van der Waals surface area (Å²) in [7, 11) is 1.63. The second-order valence-electron chi connectivity index (χ2n) is 4.84. The number of fused-ring (bicyclic) bond motifs is 1. The molecule has 0 spiro atoms. The molecule has 0 bridgehead atoms. The molecular formula is C18H14N2O. The van der Waals surface area contributed by atoms with Crippen molar-refractivity contribution in [2.75, 3.05) is 7.11 Å². The molecule has 0 N–H and O–H groups in total. The molecule has 0 aliphatic rings. The Balaban J connectivity index is 2.09. The summed E-state index contributed by atoms with van der Waals surface area (Å²) in [5.74, 6) is 0.635. The standard InChI is InChI=1S/C18H14N2O/c1-21-18-16(9-13-5-3-2-4-6-13)11-15-10-14(12-19)7-8-17(15)20-18/h2-8,10-11H,9H2,1H3. The number of pyridine rings is 1. The van der Waals surface area contributed by atoms with Crippen molar-refractivity contribution in [2.24, 2.45) is 0 Å². The summed E-state index contributed by atoms with van der Waals surface area (Å²) >= 11 is 0. The summed E-state index contributed by atoms with van der Waals surface area (Å²) in [5.41, 5.74) is 3.70. The largest absolute Gasteiger partial charge is 0.481 e. The zero-order chi connectivity index (χ0) is 14.7. The third-order valence-electron chi connectivity index (χ3n) is 3.41. The molecule has 1 heterocycles. The molecule has 102 valence electrons. The van der Waals surface area contributed by atoms with Crippen LogP contribution in [0.5, 0.6) is 5.88 Å². The van der Waals surface area contributed by atoms with Crippen molar-refractivity contribution in [2.45, 2.75) is 6.42 Å². The molecule has 0 saturated carbocycles. The second-order valence-corrected chi connectivity index (χ2v) is 4.84. The first-order chi connectivity index (χ1) is 10.3. The van der Waals surface area contributed by atoms with E-state index < -0.39 is 0 Å². The molecule has 0 aliphatic heterocycles. The number of methoxy groups -OCH3 is 1. The van der Waals surface area contributed by atoms with E-state index in [1.54, 1.807) is 13.2 Å². The van der Waals surface area contributed by atoms with Crippen molar-refractivity contribution in [3.63, 3.8) is 0 Å². The van der Waals surface area contributed by atoms with Gasteiger partial charge in [-0.15, -0.1) is 0 Å². The fraction of sp³-hybridized carbons (Fsp3) is 0.111. The minimum absolute atomic E-state index is 0.635. The predicted molar refractivity (Wildman–Crippen MR) is 82.3 cm³/mol. The highest BCUT2D eigenvalue weighted by atomic mass is 16.5.